The maximum atomic E-state index is 14.4. The van der Waals surface area contributed by atoms with E-state index in [2.05, 4.69) is 55.5 Å². The van der Waals surface area contributed by atoms with Gasteiger partial charge in [-0.2, -0.15) is 0 Å². The molecule has 124 valence electrons. The minimum Gasteiger partial charge on any atom is -0.313 e. The van der Waals surface area contributed by atoms with Gasteiger partial charge in [0.25, 0.3) is 0 Å². The monoisotopic (exact) mass is 344 g/mol. The zero-order chi connectivity index (χ0) is 17.3. The van der Waals surface area contributed by atoms with Gasteiger partial charge in [-0.05, 0) is 30.2 Å². The molecule has 0 saturated carbocycles. The SMILES string of the molecule is Cc1ccc2cc(P(=O)(c3ccccc3)C3C=CC=CC3)ccc2c1. The van der Waals surface area contributed by atoms with E-state index in [1.807, 2.05) is 42.5 Å². The summed E-state index contributed by atoms with van der Waals surface area (Å²) in [6.45, 7) is 2.10. The summed E-state index contributed by atoms with van der Waals surface area (Å²) in [4.78, 5) is 0. The lowest BCUT2D eigenvalue weighted by atomic mass is 10.1. The molecule has 4 rings (SSSR count). The fraction of sp³-hybridized carbons (Fsp3) is 0.130. The molecule has 2 atom stereocenters. The summed E-state index contributed by atoms with van der Waals surface area (Å²) in [5.41, 5.74) is 1.26. The third kappa shape index (κ3) is 2.90. The number of rotatable bonds is 3. The highest BCUT2D eigenvalue weighted by Crippen LogP contribution is 2.51. The van der Waals surface area contributed by atoms with Gasteiger partial charge >= 0.3 is 0 Å². The average molecular weight is 344 g/mol. The summed E-state index contributed by atoms with van der Waals surface area (Å²) in [5, 5.41) is 4.23. The lowest BCUT2D eigenvalue weighted by molar-refractivity contribution is 0.582. The molecule has 0 aliphatic heterocycles. The molecule has 0 aromatic heterocycles. The van der Waals surface area contributed by atoms with Gasteiger partial charge in [-0.3, -0.25) is 0 Å². The van der Waals surface area contributed by atoms with Gasteiger partial charge in [0.15, 0.2) is 0 Å². The minimum atomic E-state index is -2.75. The highest BCUT2D eigenvalue weighted by molar-refractivity contribution is 7.79. The van der Waals surface area contributed by atoms with Crippen LogP contribution in [-0.4, -0.2) is 5.66 Å². The molecule has 0 heterocycles. The second-order valence-electron chi connectivity index (χ2n) is 6.64. The van der Waals surface area contributed by atoms with Crippen molar-refractivity contribution < 1.29 is 4.57 Å². The Labute approximate surface area is 149 Å². The van der Waals surface area contributed by atoms with Crippen molar-refractivity contribution in [3.05, 3.63) is 96.6 Å². The average Bonchev–Trinajstić information content (AvgIpc) is 2.68. The zero-order valence-electron chi connectivity index (χ0n) is 14.3. The molecule has 0 fully saturated rings. The summed E-state index contributed by atoms with van der Waals surface area (Å²) in [6.07, 6.45) is 9.09. The van der Waals surface area contributed by atoms with Gasteiger partial charge in [-0.15, -0.1) is 0 Å². The van der Waals surface area contributed by atoms with Crippen LogP contribution >= 0.6 is 7.14 Å². The van der Waals surface area contributed by atoms with Crippen molar-refractivity contribution in [3.8, 4) is 0 Å². The van der Waals surface area contributed by atoms with Crippen molar-refractivity contribution in [1.29, 1.82) is 0 Å². The van der Waals surface area contributed by atoms with Crippen LogP contribution in [0.2, 0.25) is 0 Å². The van der Waals surface area contributed by atoms with Crippen LogP contribution in [0.1, 0.15) is 12.0 Å². The standard InChI is InChI=1S/C23H21OP/c1-18-12-13-20-17-23(15-14-19(20)16-18)25(24,21-8-4-2-5-9-21)22-10-6-3-7-11-22/h2-10,12-17,22H,11H2,1H3. The van der Waals surface area contributed by atoms with E-state index >= 15 is 0 Å². The summed E-state index contributed by atoms with van der Waals surface area (Å²) >= 11 is 0. The molecule has 3 aromatic carbocycles. The van der Waals surface area contributed by atoms with Gasteiger partial charge in [0.2, 0.25) is 0 Å². The van der Waals surface area contributed by atoms with Crippen molar-refractivity contribution in [1.82, 2.24) is 0 Å². The van der Waals surface area contributed by atoms with Crippen molar-refractivity contribution in [2.24, 2.45) is 0 Å². The van der Waals surface area contributed by atoms with E-state index in [1.54, 1.807) is 0 Å². The Hall–Kier alpha value is -2.37. The molecule has 2 heteroatoms. The Kier molecular flexibility index (Phi) is 4.19. The lowest BCUT2D eigenvalue weighted by Crippen LogP contribution is -2.25. The van der Waals surface area contributed by atoms with Crippen LogP contribution in [0, 0.1) is 6.92 Å². The van der Waals surface area contributed by atoms with Crippen molar-refractivity contribution in [2.75, 3.05) is 0 Å². The predicted octanol–water partition coefficient (Wildman–Crippen LogP) is 5.35. The van der Waals surface area contributed by atoms with Crippen LogP contribution in [0.4, 0.5) is 0 Å². The van der Waals surface area contributed by atoms with E-state index in [0.29, 0.717) is 0 Å². The van der Waals surface area contributed by atoms with Crippen LogP contribution in [0.5, 0.6) is 0 Å². The number of hydrogen-bond donors (Lipinski definition) is 0. The van der Waals surface area contributed by atoms with Gasteiger partial charge < -0.3 is 4.57 Å². The van der Waals surface area contributed by atoms with Gasteiger partial charge in [0, 0.05) is 16.3 Å². The Morgan fingerprint density at radius 1 is 0.840 bits per heavy atom. The van der Waals surface area contributed by atoms with E-state index in [0.717, 1.165) is 22.4 Å². The summed E-state index contributed by atoms with van der Waals surface area (Å²) < 4.78 is 14.4. The molecule has 0 bridgehead atoms. The van der Waals surface area contributed by atoms with E-state index in [9.17, 15) is 4.57 Å². The fourth-order valence-electron chi connectivity index (χ4n) is 3.58. The lowest BCUT2D eigenvalue weighted by Gasteiger charge is -2.27. The highest BCUT2D eigenvalue weighted by Gasteiger charge is 2.35. The molecule has 3 aromatic rings. The number of fused-ring (bicyclic) bond motifs is 1. The Bertz CT molecular complexity index is 1010. The Balaban J connectivity index is 1.92. The second kappa shape index (κ2) is 6.50. The third-order valence-corrected chi connectivity index (χ3v) is 8.36. The molecule has 0 radical (unpaired) electrons. The molecular weight excluding hydrogens is 323 g/mol. The molecule has 0 N–H and O–H groups in total. The first kappa shape index (κ1) is 16.1. The van der Waals surface area contributed by atoms with Crippen LogP contribution in [-0.2, 0) is 4.57 Å². The van der Waals surface area contributed by atoms with E-state index < -0.39 is 7.14 Å². The summed E-state index contributed by atoms with van der Waals surface area (Å²) in [7, 11) is -2.75. The van der Waals surface area contributed by atoms with Gasteiger partial charge in [0.1, 0.15) is 7.14 Å². The maximum absolute atomic E-state index is 14.4. The number of hydrogen-bond acceptors (Lipinski definition) is 1. The van der Waals surface area contributed by atoms with Crippen molar-refractivity contribution >= 4 is 28.5 Å². The molecule has 0 spiro atoms. The molecule has 0 saturated heterocycles. The van der Waals surface area contributed by atoms with Crippen molar-refractivity contribution in [3.63, 3.8) is 0 Å². The van der Waals surface area contributed by atoms with Crippen LogP contribution in [0.25, 0.3) is 10.8 Å². The minimum absolute atomic E-state index is 0.0165. The van der Waals surface area contributed by atoms with Gasteiger partial charge in [-0.1, -0.05) is 90.5 Å². The van der Waals surface area contributed by atoms with Gasteiger partial charge in [-0.25, -0.2) is 0 Å². The van der Waals surface area contributed by atoms with E-state index in [-0.39, 0.29) is 5.66 Å². The molecule has 0 amide bonds. The van der Waals surface area contributed by atoms with Crippen LogP contribution < -0.4 is 10.6 Å². The topological polar surface area (TPSA) is 17.1 Å². The first-order valence-electron chi connectivity index (χ1n) is 8.67. The van der Waals surface area contributed by atoms with Crippen LogP contribution in [0.3, 0.4) is 0 Å². The first-order valence-corrected chi connectivity index (χ1v) is 10.5. The first-order chi connectivity index (χ1) is 12.2. The fourth-order valence-corrected chi connectivity index (χ4v) is 6.64. The number of aryl methyl sites for hydroxylation is 1. The van der Waals surface area contributed by atoms with Crippen molar-refractivity contribution in [2.45, 2.75) is 19.0 Å². The zero-order valence-corrected chi connectivity index (χ0v) is 15.2. The van der Waals surface area contributed by atoms with Gasteiger partial charge in [0.05, 0.1) is 0 Å². The number of benzene rings is 3. The smallest absolute Gasteiger partial charge is 0.150 e. The molecule has 2 unspecified atom stereocenters. The molecule has 25 heavy (non-hydrogen) atoms. The Morgan fingerprint density at radius 3 is 2.36 bits per heavy atom. The molecule has 1 nitrogen and oxygen atoms in total. The summed E-state index contributed by atoms with van der Waals surface area (Å²) in [5.74, 6) is 0. The largest absolute Gasteiger partial charge is 0.313 e. The van der Waals surface area contributed by atoms with Crippen LogP contribution in [0.15, 0.2) is 91.0 Å². The molecule has 1 aliphatic rings. The molecular formula is C23H21OP. The highest BCUT2D eigenvalue weighted by atomic mass is 31.2. The third-order valence-electron chi connectivity index (χ3n) is 4.93. The molecule has 1 aliphatic carbocycles. The number of allylic oxidation sites excluding steroid dienone is 4. The van der Waals surface area contributed by atoms with E-state index in [1.165, 1.54) is 10.9 Å². The Morgan fingerprint density at radius 2 is 1.60 bits per heavy atom. The predicted molar refractivity (Wildman–Crippen MR) is 109 cm³/mol. The van der Waals surface area contributed by atoms with E-state index in [4.69, 9.17) is 0 Å². The summed E-state index contributed by atoms with van der Waals surface area (Å²) in [6, 6.07) is 22.7. The quantitative estimate of drug-likeness (QED) is 0.586. The maximum Gasteiger partial charge on any atom is 0.150 e. The normalized spacial score (nSPS) is 19.0. The second-order valence-corrected chi connectivity index (χ2v) is 9.66.